The third-order valence-corrected chi connectivity index (χ3v) is 4.81. The summed E-state index contributed by atoms with van der Waals surface area (Å²) in [4.78, 5) is 36.1. The summed E-state index contributed by atoms with van der Waals surface area (Å²) in [5.41, 5.74) is 1.65. The Morgan fingerprint density at radius 3 is 2.44 bits per heavy atom. The molecule has 0 aliphatic carbocycles. The molecule has 0 atom stereocenters. The lowest BCUT2D eigenvalue weighted by Gasteiger charge is -2.15. The molecule has 0 saturated carbocycles. The first-order chi connectivity index (χ1) is 12.0. The van der Waals surface area contributed by atoms with Gasteiger partial charge in [0, 0.05) is 5.56 Å². The number of anilines is 1. The van der Waals surface area contributed by atoms with Crippen molar-refractivity contribution in [2.45, 2.75) is 0 Å². The Kier molecular flexibility index (Phi) is 4.78. The van der Waals surface area contributed by atoms with E-state index in [1.54, 1.807) is 36.4 Å². The fourth-order valence-corrected chi connectivity index (χ4v) is 3.58. The van der Waals surface area contributed by atoms with Gasteiger partial charge in [-0.05, 0) is 29.3 Å². The van der Waals surface area contributed by atoms with Crippen LogP contribution in [0, 0.1) is 0 Å². The van der Waals surface area contributed by atoms with Crippen LogP contribution >= 0.6 is 24.0 Å². The molecule has 0 radical (unpaired) electrons. The molecule has 0 bridgehead atoms. The van der Waals surface area contributed by atoms with Crippen LogP contribution in [0.5, 0.6) is 0 Å². The summed E-state index contributed by atoms with van der Waals surface area (Å²) in [7, 11) is 0. The van der Waals surface area contributed by atoms with E-state index in [4.69, 9.17) is 12.2 Å². The molecule has 5 nitrogen and oxygen atoms in total. The van der Waals surface area contributed by atoms with Gasteiger partial charge in [-0.25, -0.2) is 0 Å². The van der Waals surface area contributed by atoms with Gasteiger partial charge >= 0.3 is 0 Å². The number of carboxylic acids is 1. The number of hydrogen-bond donors (Lipinski definition) is 0. The second kappa shape index (κ2) is 7.00. The van der Waals surface area contributed by atoms with Gasteiger partial charge < -0.3 is 9.90 Å². The number of benzene rings is 2. The van der Waals surface area contributed by atoms with Crippen molar-refractivity contribution >= 4 is 58.2 Å². The zero-order chi connectivity index (χ0) is 18.0. The summed E-state index contributed by atoms with van der Waals surface area (Å²) in [5.74, 6) is -1.65. The second-order valence-corrected chi connectivity index (χ2v) is 6.82. The first kappa shape index (κ1) is 17.1. The topological polar surface area (TPSA) is 77.5 Å². The minimum Gasteiger partial charge on any atom is -0.545 e. The van der Waals surface area contributed by atoms with Gasteiger partial charge in [-0.15, -0.1) is 0 Å². The molecule has 25 heavy (non-hydrogen) atoms. The molecule has 1 aliphatic rings. The van der Waals surface area contributed by atoms with E-state index in [2.05, 4.69) is 0 Å². The first-order valence-electron chi connectivity index (χ1n) is 7.14. The molecule has 124 valence electrons. The number of carboxylic acid groups (broad SMARTS) is 1. The number of hydrogen-bond acceptors (Lipinski definition) is 6. The van der Waals surface area contributed by atoms with E-state index in [1.165, 1.54) is 23.1 Å². The standard InChI is InChI=1S/C18H11NO4S2/c20-10-12-6-4-11(5-7-12)8-15-16(21)19(18(24)25-15)14-3-1-2-13(9-14)17(22)23/h1-10H,(H,22,23)/p-1/b15-8-. The average Bonchev–Trinajstić information content (AvgIpc) is 2.89. The summed E-state index contributed by atoms with van der Waals surface area (Å²) >= 11 is 6.39. The molecule has 0 aromatic heterocycles. The number of amides is 1. The fourth-order valence-electron chi connectivity index (χ4n) is 2.28. The van der Waals surface area contributed by atoms with Crippen LogP contribution in [0.15, 0.2) is 53.4 Å². The van der Waals surface area contributed by atoms with Gasteiger partial charge in [-0.1, -0.05) is 60.4 Å². The molecule has 3 rings (SSSR count). The highest BCUT2D eigenvalue weighted by atomic mass is 32.2. The number of aldehydes is 1. The van der Waals surface area contributed by atoms with Gasteiger partial charge in [0.15, 0.2) is 4.32 Å². The molecule has 1 aliphatic heterocycles. The number of thioether (sulfide) groups is 1. The molecule has 1 amide bonds. The molecular weight excluding hydrogens is 358 g/mol. The number of thiocarbonyl (C=S) groups is 1. The first-order valence-corrected chi connectivity index (χ1v) is 8.36. The maximum Gasteiger partial charge on any atom is 0.270 e. The second-order valence-electron chi connectivity index (χ2n) is 5.14. The number of rotatable bonds is 4. The van der Waals surface area contributed by atoms with E-state index < -0.39 is 5.97 Å². The van der Waals surface area contributed by atoms with Crippen molar-refractivity contribution in [2.75, 3.05) is 4.90 Å². The highest BCUT2D eigenvalue weighted by Gasteiger charge is 2.33. The Hall–Kier alpha value is -2.77. The van der Waals surface area contributed by atoms with Crippen LogP contribution in [0.2, 0.25) is 0 Å². The van der Waals surface area contributed by atoms with Crippen LogP contribution in [0.1, 0.15) is 26.3 Å². The Morgan fingerprint density at radius 1 is 1.12 bits per heavy atom. The lowest BCUT2D eigenvalue weighted by Crippen LogP contribution is -2.28. The van der Waals surface area contributed by atoms with E-state index in [9.17, 15) is 19.5 Å². The molecule has 1 saturated heterocycles. The third kappa shape index (κ3) is 3.52. The Labute approximate surface area is 153 Å². The molecule has 7 heteroatoms. The normalized spacial score (nSPS) is 15.7. The molecule has 0 unspecified atom stereocenters. The summed E-state index contributed by atoms with van der Waals surface area (Å²) in [6.45, 7) is 0. The van der Waals surface area contributed by atoms with Crippen molar-refractivity contribution in [3.63, 3.8) is 0 Å². The van der Waals surface area contributed by atoms with Crippen LogP contribution in [0.25, 0.3) is 6.08 Å². The quantitative estimate of drug-likeness (QED) is 0.468. The Morgan fingerprint density at radius 2 is 1.80 bits per heavy atom. The van der Waals surface area contributed by atoms with Crippen molar-refractivity contribution in [1.82, 2.24) is 0 Å². The van der Waals surface area contributed by atoms with Crippen molar-refractivity contribution in [3.8, 4) is 0 Å². The fraction of sp³-hybridized carbons (Fsp3) is 0. The van der Waals surface area contributed by atoms with Gasteiger partial charge in [0.2, 0.25) is 0 Å². The van der Waals surface area contributed by atoms with E-state index in [-0.39, 0.29) is 11.5 Å². The molecule has 2 aromatic rings. The summed E-state index contributed by atoms with van der Waals surface area (Å²) < 4.78 is 0.316. The molecule has 1 heterocycles. The largest absolute Gasteiger partial charge is 0.545 e. The van der Waals surface area contributed by atoms with Crippen LogP contribution in [-0.2, 0) is 4.79 Å². The number of aromatic carboxylic acids is 1. The van der Waals surface area contributed by atoms with Crippen molar-refractivity contribution in [2.24, 2.45) is 0 Å². The maximum atomic E-state index is 12.7. The minimum atomic E-state index is -1.32. The molecule has 0 N–H and O–H groups in total. The number of carbonyl (C=O) groups excluding carboxylic acids is 3. The minimum absolute atomic E-state index is 0.0278. The Bertz CT molecular complexity index is 919. The van der Waals surface area contributed by atoms with Crippen LogP contribution in [-0.4, -0.2) is 22.5 Å². The zero-order valence-corrected chi connectivity index (χ0v) is 14.3. The zero-order valence-electron chi connectivity index (χ0n) is 12.7. The maximum absolute atomic E-state index is 12.7. The summed E-state index contributed by atoms with van der Waals surface area (Å²) in [6.07, 6.45) is 2.42. The molecular formula is C18H10NO4S2-. The average molecular weight is 368 g/mol. The van der Waals surface area contributed by atoms with Crippen molar-refractivity contribution in [3.05, 3.63) is 70.1 Å². The van der Waals surface area contributed by atoms with E-state index >= 15 is 0 Å². The van der Waals surface area contributed by atoms with Gasteiger partial charge in [0.05, 0.1) is 16.6 Å². The third-order valence-electron chi connectivity index (χ3n) is 3.50. The SMILES string of the molecule is O=Cc1ccc(/C=C2\SC(=S)N(c3cccc(C(=O)[O-])c3)C2=O)cc1. The van der Waals surface area contributed by atoms with Gasteiger partial charge in [-0.2, -0.15) is 0 Å². The summed E-state index contributed by atoms with van der Waals surface area (Å²) in [5, 5.41) is 11.0. The highest BCUT2D eigenvalue weighted by Crippen LogP contribution is 2.36. The number of carbonyl (C=O) groups is 3. The highest BCUT2D eigenvalue weighted by molar-refractivity contribution is 8.27. The van der Waals surface area contributed by atoms with Gasteiger partial charge in [0.1, 0.15) is 6.29 Å². The Balaban J connectivity index is 1.91. The molecule has 1 fully saturated rings. The van der Waals surface area contributed by atoms with Gasteiger partial charge in [0.25, 0.3) is 5.91 Å². The van der Waals surface area contributed by atoms with E-state index in [1.807, 2.05) is 0 Å². The monoisotopic (exact) mass is 368 g/mol. The van der Waals surface area contributed by atoms with Crippen LogP contribution in [0.4, 0.5) is 5.69 Å². The van der Waals surface area contributed by atoms with Crippen molar-refractivity contribution < 1.29 is 19.5 Å². The smallest absolute Gasteiger partial charge is 0.270 e. The van der Waals surface area contributed by atoms with E-state index in [0.717, 1.165) is 23.6 Å². The van der Waals surface area contributed by atoms with Crippen LogP contribution in [0.3, 0.4) is 0 Å². The van der Waals surface area contributed by atoms with Crippen molar-refractivity contribution in [1.29, 1.82) is 0 Å². The van der Waals surface area contributed by atoms with E-state index in [0.29, 0.717) is 20.5 Å². The number of nitrogens with zero attached hydrogens (tertiary/aromatic N) is 1. The van der Waals surface area contributed by atoms with Gasteiger partial charge in [-0.3, -0.25) is 14.5 Å². The lowest BCUT2D eigenvalue weighted by molar-refractivity contribution is -0.255. The summed E-state index contributed by atoms with van der Waals surface area (Å²) in [6, 6.07) is 12.6. The van der Waals surface area contributed by atoms with Crippen LogP contribution < -0.4 is 10.0 Å². The molecule has 0 spiro atoms. The molecule has 2 aromatic carbocycles. The predicted octanol–water partition coefficient (Wildman–Crippen LogP) is 2.27. The lowest BCUT2D eigenvalue weighted by atomic mass is 10.1. The predicted molar refractivity (Wildman–Crippen MR) is 98.3 cm³/mol.